The van der Waals surface area contributed by atoms with E-state index in [1.807, 2.05) is 17.1 Å². The topological polar surface area (TPSA) is 467 Å². The molecule has 0 spiro atoms. The zero-order chi connectivity index (χ0) is 106. The van der Waals surface area contributed by atoms with E-state index in [9.17, 15) is 48.0 Å². The number of aromatic amines is 1. The molecule has 1 saturated heterocycles. The van der Waals surface area contributed by atoms with Crippen LogP contribution in [0.25, 0.3) is 6.08 Å². The highest BCUT2D eigenvalue weighted by atomic mass is 31.2. The number of aliphatic hydroxyl groups excluding tert-OH is 1. The molecule has 4 rings (SSSR count). The van der Waals surface area contributed by atoms with Gasteiger partial charge in [0.25, 0.3) is 5.56 Å². The van der Waals surface area contributed by atoms with E-state index in [1.54, 1.807) is 25.5 Å². The van der Waals surface area contributed by atoms with Gasteiger partial charge < -0.3 is 92.3 Å². The number of primary amides is 1. The largest absolute Gasteiger partial charge is 0.472 e. The lowest BCUT2D eigenvalue weighted by molar-refractivity contribution is -0.153. The first kappa shape index (κ1) is 134. The third-order valence-electron chi connectivity index (χ3n) is 21.1. The highest BCUT2D eigenvalue weighted by molar-refractivity contribution is 7.47. The smallest absolute Gasteiger partial charge is 0.460 e. The van der Waals surface area contributed by atoms with Gasteiger partial charge in [0.1, 0.15) is 12.3 Å². The minimum absolute atomic E-state index is 0.0251. The lowest BCUT2D eigenvalue weighted by Crippen LogP contribution is -2.33. The molecule has 0 aromatic carbocycles. The van der Waals surface area contributed by atoms with Gasteiger partial charge in [-0.3, -0.25) is 46.8 Å². The molecule has 4 heterocycles. The van der Waals surface area contributed by atoms with Crippen molar-refractivity contribution in [2.45, 2.75) is 338 Å². The van der Waals surface area contributed by atoms with Gasteiger partial charge in [-0.15, -0.1) is 10.2 Å². The zero-order valence-electron chi connectivity index (χ0n) is 91.1. The molecular formula is C101H192N10O28P2. The molecule has 0 aliphatic carbocycles. The summed E-state index contributed by atoms with van der Waals surface area (Å²) < 4.78 is 126. The Morgan fingerprint density at radius 3 is 1.29 bits per heavy atom. The van der Waals surface area contributed by atoms with Crippen LogP contribution in [-0.2, 0) is 134 Å². The maximum absolute atomic E-state index is 12.4. The van der Waals surface area contributed by atoms with Gasteiger partial charge in [0.15, 0.2) is 0 Å². The molecule has 6 atom stereocenters. The number of phosphoric acid groups is 2. The van der Waals surface area contributed by atoms with Gasteiger partial charge in [0.05, 0.1) is 213 Å². The first-order valence-corrected chi connectivity index (χ1v) is 54.0. The fourth-order valence-corrected chi connectivity index (χ4v) is 15.0. The zero-order valence-corrected chi connectivity index (χ0v) is 92.9. The van der Waals surface area contributed by atoms with Crippen molar-refractivity contribution in [3.8, 4) is 0 Å². The molecule has 141 heavy (non-hydrogen) atoms. The molecule has 0 radical (unpaired) electrons. The summed E-state index contributed by atoms with van der Waals surface area (Å²) in [6.45, 7) is 64.1. The molecule has 1 aliphatic heterocycles. The number of nitrogens with two attached hydrogens (primary N) is 1. The van der Waals surface area contributed by atoms with E-state index >= 15 is 0 Å². The minimum Gasteiger partial charge on any atom is -0.460 e. The van der Waals surface area contributed by atoms with Gasteiger partial charge in [-0.05, 0) is 167 Å². The van der Waals surface area contributed by atoms with Crippen LogP contribution in [0.3, 0.4) is 0 Å². The van der Waals surface area contributed by atoms with Crippen LogP contribution < -0.4 is 22.3 Å². The van der Waals surface area contributed by atoms with Gasteiger partial charge in [-0.25, -0.2) is 23.3 Å². The number of carbonyl (C=O) groups excluding carboxylic acids is 3. The third-order valence-corrected chi connectivity index (χ3v) is 23.4. The number of phosphoric ester groups is 2. The van der Waals surface area contributed by atoms with Crippen molar-refractivity contribution in [1.29, 1.82) is 0 Å². The predicted molar refractivity (Wildman–Crippen MR) is 546 cm³/mol. The number of hydrogen-bond donors (Lipinski definition) is 6. The van der Waals surface area contributed by atoms with Crippen molar-refractivity contribution in [3.05, 3.63) is 62.5 Å². The summed E-state index contributed by atoms with van der Waals surface area (Å²) in [6, 6.07) is 0. The third kappa shape index (κ3) is 82.4. The average Bonchev–Trinajstić information content (AvgIpc) is 1.65. The standard InChI is InChI=1S/C34H69N3O16P2.C26H43N3O5.C22H43N3O3.C19H37NO4/c1-33(2,3)10-13-42-15-17-44-18-16-43-14-11-37-31-32(35-36-37)9-7-8-12-50-54(38,39)51-29-27-48-25-23-46-21-19-45-20-22-47-24-26-49-28-30-52-55(40,41)53-34(4,5)6;1-25(2,3)13-9-7-8-10-14-27-21(31)12-11-18-16-29(24(33)28-23(18)32)22-15-19(26(4,5)6)20(17-30)34-22;1-21(2,3)10-8-7-9-20-19-25(24-23-20)12-14-27-16-18-28-17-15-26-13-11-22(4,5)6;1-18(2,3)11-7-13-23-14-15(10-12-19(4,5)6)24-17(22)9-8-16(20)21/h31H,7-30H2,1-6H3,(H,38,39)(H,40,41);11-12,16,19-20,22,30H,7-10,13-15,17H2,1-6H3,(H,27,31)(H,28,32,33);19H,7-18H2,1-6H3;15H,7-14H2,1-6H3,(H2,20,21)/b;12-11+;;/t;19?,20-,22-;;/m.1../s1. The van der Waals surface area contributed by atoms with Crippen LogP contribution in [-0.4, -0.2) is 282 Å². The summed E-state index contributed by atoms with van der Waals surface area (Å²) in [5.74, 6) is -1.10. The Labute approximate surface area is 844 Å². The normalized spacial score (nSPS) is 15.7. The van der Waals surface area contributed by atoms with Crippen molar-refractivity contribution in [1.82, 2.24) is 44.9 Å². The number of unbranched alkanes of at least 4 members (excludes halogenated alkanes) is 5. The number of nitrogens with zero attached hydrogens (tertiary/aromatic N) is 7. The Morgan fingerprint density at radius 2 is 0.872 bits per heavy atom. The minimum atomic E-state index is -4.17. The molecule has 40 heteroatoms. The molecule has 7 N–H and O–H groups in total. The van der Waals surface area contributed by atoms with Crippen molar-refractivity contribution in [3.63, 3.8) is 0 Å². The molecule has 824 valence electrons. The number of rotatable bonds is 74. The monoisotopic (exact) mass is 2060 g/mol. The number of ether oxygens (including phenoxy) is 14. The molecule has 3 aromatic heterocycles. The van der Waals surface area contributed by atoms with E-state index in [4.69, 9.17) is 90.1 Å². The Hall–Kier alpha value is -5.23. The highest BCUT2D eigenvalue weighted by Crippen LogP contribution is 2.47. The number of amides is 2. The second-order valence-corrected chi connectivity index (χ2v) is 47.5. The molecule has 0 saturated carbocycles. The van der Waals surface area contributed by atoms with Crippen LogP contribution >= 0.6 is 15.6 Å². The van der Waals surface area contributed by atoms with Gasteiger partial charge in [-0.1, -0.05) is 182 Å². The maximum Gasteiger partial charge on any atom is 0.472 e. The van der Waals surface area contributed by atoms with Gasteiger partial charge in [-0.2, -0.15) is 0 Å². The average molecular weight is 2060 g/mol. The van der Waals surface area contributed by atoms with Gasteiger partial charge >= 0.3 is 27.3 Å². The van der Waals surface area contributed by atoms with Crippen molar-refractivity contribution in [2.75, 3.05) is 192 Å². The molecule has 3 aromatic rings. The number of hydrogen-bond acceptors (Lipinski definition) is 30. The summed E-state index contributed by atoms with van der Waals surface area (Å²) in [5, 5.41) is 29.2. The van der Waals surface area contributed by atoms with E-state index < -0.39 is 44.6 Å². The molecule has 38 nitrogen and oxygen atoms in total. The summed E-state index contributed by atoms with van der Waals surface area (Å²) in [5.41, 5.74) is 6.96. The molecular weight excluding hydrogens is 1860 g/mol. The SMILES string of the molecule is CC(C)(C)CCCCCCNC(=O)/C=C/c1cn([C@H]2CC(C(C)(C)C)[C@@H](CO)O2)c(=O)[nH]c1=O.CC(C)(C)CCCCc1cn(CCOCCOCCOCCC(C)(C)C)nn1.CC(C)(C)CCCOCC(CCC(C)(C)C)OC(=O)CCC(N)=O.CC(C)(C)CCOCCOCCOCCn1cc(CCCCOP(=O)(O)OCCOCCOCCOCCOCCOCCOP(=O)(O)OC(C)(C)C)nn1. The van der Waals surface area contributed by atoms with Crippen molar-refractivity contribution < 1.29 is 123 Å². The number of esters is 1. The van der Waals surface area contributed by atoms with Crippen LogP contribution in [0.5, 0.6) is 0 Å². The molecule has 1 fully saturated rings. The first-order chi connectivity index (χ1) is 65.9. The Morgan fingerprint density at radius 1 is 0.475 bits per heavy atom. The van der Waals surface area contributed by atoms with Crippen LogP contribution in [0.15, 0.2) is 34.3 Å². The molecule has 2 amide bonds. The number of carbonyl (C=O) groups is 3. The maximum atomic E-state index is 12.4. The van der Waals surface area contributed by atoms with E-state index in [0.717, 1.165) is 95.4 Å². The summed E-state index contributed by atoms with van der Waals surface area (Å²) in [7, 11) is -8.28. The number of nitrogens with one attached hydrogen (secondary N) is 2. The second kappa shape index (κ2) is 73.8. The van der Waals surface area contributed by atoms with Crippen molar-refractivity contribution >= 4 is 39.5 Å². The Kier molecular flexibility index (Phi) is 70.0. The summed E-state index contributed by atoms with van der Waals surface area (Å²) in [6.07, 6.45) is 25.3. The lowest BCUT2D eigenvalue weighted by atomic mass is 9.76. The Balaban J connectivity index is 0.000000995. The van der Waals surface area contributed by atoms with E-state index in [1.165, 1.54) is 55.0 Å². The van der Waals surface area contributed by atoms with Gasteiger partial charge in [0, 0.05) is 57.5 Å². The van der Waals surface area contributed by atoms with E-state index in [-0.39, 0.29) is 111 Å². The van der Waals surface area contributed by atoms with E-state index in [2.05, 4.69) is 176 Å². The van der Waals surface area contributed by atoms with Crippen LogP contribution in [0.2, 0.25) is 0 Å². The fraction of sp³-hybridized carbons (Fsp3) is 0.871. The highest BCUT2D eigenvalue weighted by Gasteiger charge is 2.43. The molecule has 4 unspecified atom stereocenters. The van der Waals surface area contributed by atoms with Crippen molar-refractivity contribution in [2.24, 2.45) is 49.6 Å². The lowest BCUT2D eigenvalue weighted by Gasteiger charge is -2.29. The summed E-state index contributed by atoms with van der Waals surface area (Å²) >= 11 is 0. The van der Waals surface area contributed by atoms with Crippen LogP contribution in [0, 0.1) is 43.8 Å². The number of aromatic nitrogens is 8. The molecule has 1 aliphatic rings. The first-order valence-electron chi connectivity index (χ1n) is 51.0. The molecule has 0 bridgehead atoms. The van der Waals surface area contributed by atoms with E-state index in [0.29, 0.717) is 186 Å². The quantitative estimate of drug-likeness (QED) is 0.0132. The second-order valence-electron chi connectivity index (χ2n) is 44.7. The number of aliphatic hydroxyl groups is 1. The Bertz CT molecular complexity index is 3940. The fourth-order valence-electron chi connectivity index (χ4n) is 13.2. The van der Waals surface area contributed by atoms with Crippen LogP contribution in [0.4, 0.5) is 0 Å². The summed E-state index contributed by atoms with van der Waals surface area (Å²) in [4.78, 5) is 81.2. The number of H-pyrrole nitrogens is 1. The van der Waals surface area contributed by atoms with Crippen LogP contribution in [0.1, 0.15) is 311 Å². The van der Waals surface area contributed by atoms with Gasteiger partial charge in [0.2, 0.25) is 11.8 Å². The number of aryl methyl sites for hydroxylation is 2. The predicted octanol–water partition coefficient (Wildman–Crippen LogP) is 16.2.